The lowest BCUT2D eigenvalue weighted by Gasteiger charge is -2.11. The van der Waals surface area contributed by atoms with E-state index in [0.717, 1.165) is 55.7 Å². The highest BCUT2D eigenvalue weighted by Crippen LogP contribution is 2.38. The van der Waals surface area contributed by atoms with Crippen molar-refractivity contribution in [2.75, 3.05) is 0 Å². The van der Waals surface area contributed by atoms with Crippen LogP contribution in [0, 0.1) is 0 Å². The molecule has 3 heteroatoms. The molecule has 38 heavy (non-hydrogen) atoms. The van der Waals surface area contributed by atoms with Crippen molar-refractivity contribution >= 4 is 43.7 Å². The van der Waals surface area contributed by atoms with E-state index in [-0.39, 0.29) is 0 Å². The number of furan rings is 1. The minimum atomic E-state index is 0.914. The number of fused-ring (bicyclic) bond motifs is 6. The van der Waals surface area contributed by atoms with E-state index in [2.05, 4.69) is 108 Å². The smallest absolute Gasteiger partial charge is 0.136 e. The van der Waals surface area contributed by atoms with Gasteiger partial charge in [0, 0.05) is 38.4 Å². The molecule has 0 radical (unpaired) electrons. The van der Waals surface area contributed by atoms with Gasteiger partial charge in [-0.1, -0.05) is 84.9 Å². The molecule has 0 aliphatic heterocycles. The van der Waals surface area contributed by atoms with Crippen LogP contribution in [0.5, 0.6) is 0 Å². The van der Waals surface area contributed by atoms with Crippen LogP contribution in [0.1, 0.15) is 0 Å². The van der Waals surface area contributed by atoms with Crippen molar-refractivity contribution in [3.05, 3.63) is 133 Å². The second-order valence-corrected chi connectivity index (χ2v) is 9.64. The van der Waals surface area contributed by atoms with Gasteiger partial charge in [-0.05, 0) is 48.5 Å². The van der Waals surface area contributed by atoms with Crippen LogP contribution >= 0.6 is 0 Å². The van der Waals surface area contributed by atoms with Crippen molar-refractivity contribution in [1.29, 1.82) is 0 Å². The highest BCUT2D eigenvalue weighted by Gasteiger charge is 2.16. The summed E-state index contributed by atoms with van der Waals surface area (Å²) in [5, 5.41) is 4.66. The molecule has 0 saturated heterocycles. The summed E-state index contributed by atoms with van der Waals surface area (Å²) in [4.78, 5) is 5.01. The fourth-order valence-electron chi connectivity index (χ4n) is 5.63. The molecule has 0 aliphatic rings. The molecule has 0 amide bonds. The maximum atomic E-state index is 6.23. The van der Waals surface area contributed by atoms with Crippen molar-refractivity contribution in [3.8, 4) is 28.2 Å². The van der Waals surface area contributed by atoms with E-state index in [1.807, 2.05) is 30.3 Å². The van der Waals surface area contributed by atoms with Crippen molar-refractivity contribution in [2.24, 2.45) is 0 Å². The molecular weight excluding hydrogens is 464 g/mol. The van der Waals surface area contributed by atoms with Crippen molar-refractivity contribution in [1.82, 2.24) is 9.55 Å². The molecule has 5 aromatic carbocycles. The number of para-hydroxylation sites is 2. The van der Waals surface area contributed by atoms with E-state index in [9.17, 15) is 0 Å². The second kappa shape index (κ2) is 8.19. The number of nitrogens with zero attached hydrogens (tertiary/aromatic N) is 2. The lowest BCUT2D eigenvalue weighted by molar-refractivity contribution is 0.669. The Bertz CT molecular complexity index is 2130. The first-order chi connectivity index (χ1) is 18.8. The van der Waals surface area contributed by atoms with Gasteiger partial charge in [-0.25, -0.2) is 4.98 Å². The molecule has 0 saturated carbocycles. The third-order valence-electron chi connectivity index (χ3n) is 7.39. The number of benzene rings is 5. The number of rotatable bonds is 3. The van der Waals surface area contributed by atoms with E-state index in [4.69, 9.17) is 9.40 Å². The third-order valence-corrected chi connectivity index (χ3v) is 7.39. The molecule has 0 fully saturated rings. The van der Waals surface area contributed by atoms with Crippen LogP contribution in [0.15, 0.2) is 138 Å². The van der Waals surface area contributed by atoms with Gasteiger partial charge < -0.3 is 8.98 Å². The number of pyridine rings is 1. The van der Waals surface area contributed by atoms with Crippen LogP contribution < -0.4 is 0 Å². The van der Waals surface area contributed by atoms with Crippen molar-refractivity contribution in [3.63, 3.8) is 0 Å². The number of hydrogen-bond acceptors (Lipinski definition) is 2. The zero-order valence-corrected chi connectivity index (χ0v) is 20.5. The Morgan fingerprint density at radius 1 is 0.447 bits per heavy atom. The van der Waals surface area contributed by atoms with Crippen LogP contribution in [-0.4, -0.2) is 9.55 Å². The Morgan fingerprint density at radius 3 is 2.05 bits per heavy atom. The summed E-state index contributed by atoms with van der Waals surface area (Å²) in [7, 11) is 0. The predicted molar refractivity (Wildman–Crippen MR) is 157 cm³/mol. The van der Waals surface area contributed by atoms with Gasteiger partial charge in [0.2, 0.25) is 0 Å². The summed E-state index contributed by atoms with van der Waals surface area (Å²) < 4.78 is 8.59. The molecule has 0 atom stereocenters. The molecule has 0 aliphatic carbocycles. The zero-order valence-electron chi connectivity index (χ0n) is 20.5. The molecule has 8 rings (SSSR count). The summed E-state index contributed by atoms with van der Waals surface area (Å²) >= 11 is 0. The largest absolute Gasteiger partial charge is 0.456 e. The van der Waals surface area contributed by atoms with Crippen LogP contribution in [0.3, 0.4) is 0 Å². The second-order valence-electron chi connectivity index (χ2n) is 9.64. The van der Waals surface area contributed by atoms with Crippen molar-refractivity contribution in [2.45, 2.75) is 0 Å². The van der Waals surface area contributed by atoms with Crippen LogP contribution in [-0.2, 0) is 0 Å². The van der Waals surface area contributed by atoms with Gasteiger partial charge in [0.15, 0.2) is 0 Å². The third kappa shape index (κ3) is 3.19. The van der Waals surface area contributed by atoms with E-state index in [1.54, 1.807) is 0 Å². The predicted octanol–water partition coefficient (Wildman–Crippen LogP) is 9.41. The van der Waals surface area contributed by atoms with Gasteiger partial charge in [-0.3, -0.25) is 0 Å². The van der Waals surface area contributed by atoms with Gasteiger partial charge in [-0.2, -0.15) is 0 Å². The van der Waals surface area contributed by atoms with Crippen LogP contribution in [0.25, 0.3) is 71.9 Å². The maximum absolute atomic E-state index is 6.23. The highest BCUT2D eigenvalue weighted by atomic mass is 16.3. The Balaban J connectivity index is 1.36. The molecule has 178 valence electrons. The Morgan fingerprint density at radius 2 is 1.16 bits per heavy atom. The number of hydrogen-bond donors (Lipinski definition) is 0. The number of aromatic nitrogens is 2. The van der Waals surface area contributed by atoms with Gasteiger partial charge in [-0.15, -0.1) is 0 Å². The fraction of sp³-hybridized carbons (Fsp3) is 0. The molecule has 8 aromatic rings. The highest BCUT2D eigenvalue weighted by molar-refractivity contribution is 6.17. The Labute approximate surface area is 219 Å². The lowest BCUT2D eigenvalue weighted by Crippen LogP contribution is -1.95. The molecule has 3 heterocycles. The Kier molecular flexibility index (Phi) is 4.52. The minimum Gasteiger partial charge on any atom is -0.456 e. The summed E-state index contributed by atoms with van der Waals surface area (Å²) in [5.41, 5.74) is 9.39. The van der Waals surface area contributed by atoms with Gasteiger partial charge in [0.05, 0.1) is 22.4 Å². The maximum Gasteiger partial charge on any atom is 0.136 e. The van der Waals surface area contributed by atoms with Gasteiger partial charge >= 0.3 is 0 Å². The molecule has 0 unspecified atom stereocenters. The summed E-state index contributed by atoms with van der Waals surface area (Å²) in [6, 6.07) is 46.5. The zero-order chi connectivity index (χ0) is 25.1. The van der Waals surface area contributed by atoms with Gasteiger partial charge in [0.25, 0.3) is 0 Å². The summed E-state index contributed by atoms with van der Waals surface area (Å²) in [5.74, 6) is 0. The molecule has 3 aromatic heterocycles. The first-order valence-electron chi connectivity index (χ1n) is 12.8. The SMILES string of the molecule is c1ccc(-c2cccc(-c3cccc(-n4c5ccccc5c5cc6oc7ccccc7c6cc54)c3)n2)cc1. The topological polar surface area (TPSA) is 31.0 Å². The molecule has 0 N–H and O–H groups in total. The fourth-order valence-corrected chi connectivity index (χ4v) is 5.63. The van der Waals surface area contributed by atoms with E-state index < -0.39 is 0 Å². The molecular formula is C35H22N2O. The van der Waals surface area contributed by atoms with E-state index in [1.165, 1.54) is 16.3 Å². The van der Waals surface area contributed by atoms with Crippen molar-refractivity contribution < 1.29 is 4.42 Å². The minimum absolute atomic E-state index is 0.914. The average molecular weight is 487 g/mol. The summed E-state index contributed by atoms with van der Waals surface area (Å²) in [6.07, 6.45) is 0. The van der Waals surface area contributed by atoms with Crippen LogP contribution in [0.4, 0.5) is 0 Å². The quantitative estimate of drug-likeness (QED) is 0.249. The Hall–Kier alpha value is -5.15. The van der Waals surface area contributed by atoms with Crippen LogP contribution in [0.2, 0.25) is 0 Å². The first-order valence-corrected chi connectivity index (χ1v) is 12.8. The first kappa shape index (κ1) is 21.0. The molecule has 0 spiro atoms. The van der Waals surface area contributed by atoms with E-state index >= 15 is 0 Å². The monoisotopic (exact) mass is 486 g/mol. The normalized spacial score (nSPS) is 11.7. The van der Waals surface area contributed by atoms with Gasteiger partial charge in [0.1, 0.15) is 11.2 Å². The summed E-state index contributed by atoms with van der Waals surface area (Å²) in [6.45, 7) is 0. The van der Waals surface area contributed by atoms with E-state index in [0.29, 0.717) is 0 Å². The lowest BCUT2D eigenvalue weighted by atomic mass is 10.1. The average Bonchev–Trinajstić information content (AvgIpc) is 3.51. The molecule has 3 nitrogen and oxygen atoms in total. The standard InChI is InChI=1S/C35H22N2O/c1-2-10-23(11-3-1)30-16-9-17-31(36-30)24-12-8-13-25(20-24)37-32-18-6-4-14-26(32)28-22-35-29(21-33(28)37)27-15-5-7-19-34(27)38-35/h1-22H. The molecule has 0 bridgehead atoms.